The molecule has 0 unspecified atom stereocenters. The van der Waals surface area contributed by atoms with Gasteiger partial charge < -0.3 is 8.92 Å². The summed E-state index contributed by atoms with van der Waals surface area (Å²) in [5.74, 6) is 3.07. The van der Waals surface area contributed by atoms with E-state index in [0.717, 1.165) is 22.6 Å². The van der Waals surface area contributed by atoms with Crippen molar-refractivity contribution in [3.63, 3.8) is 0 Å². The molecule has 196 valence electrons. The molecule has 0 saturated heterocycles. The number of ether oxygens (including phenoxy) is 1. The normalized spacial score (nSPS) is 27.7. The fraction of sp³-hybridized carbons (Fsp3) is 0.708. The molecular formula is C24H34O8S3. The van der Waals surface area contributed by atoms with Gasteiger partial charge in [0.15, 0.2) is 5.08 Å². The van der Waals surface area contributed by atoms with Crippen LogP contribution in [0.1, 0.15) is 58.8 Å². The van der Waals surface area contributed by atoms with Crippen molar-refractivity contribution in [1.29, 1.82) is 0 Å². The number of carbonyl (C=O) groups excluding carboxylic acids is 1. The van der Waals surface area contributed by atoms with Crippen molar-refractivity contribution in [3.05, 3.63) is 24.3 Å². The van der Waals surface area contributed by atoms with Crippen molar-refractivity contribution >= 4 is 39.9 Å². The monoisotopic (exact) mass is 546 g/mol. The van der Waals surface area contributed by atoms with Crippen molar-refractivity contribution in [2.45, 2.75) is 69.3 Å². The van der Waals surface area contributed by atoms with Gasteiger partial charge in [0.1, 0.15) is 11.4 Å². The molecular weight excluding hydrogens is 512 g/mol. The predicted molar refractivity (Wildman–Crippen MR) is 134 cm³/mol. The number of rotatable bonds is 13. The van der Waals surface area contributed by atoms with Gasteiger partial charge in [-0.25, -0.2) is 4.89 Å². The molecule has 0 N–H and O–H groups in total. The summed E-state index contributed by atoms with van der Waals surface area (Å²) in [6.45, 7) is 4.24. The van der Waals surface area contributed by atoms with Crippen LogP contribution in [0.25, 0.3) is 0 Å². The number of benzene rings is 1. The van der Waals surface area contributed by atoms with Crippen LogP contribution >= 0.6 is 23.8 Å². The minimum absolute atomic E-state index is 0.141. The smallest absolute Gasteiger partial charge is 0.321 e. The lowest BCUT2D eigenvalue weighted by atomic mass is 9.46. The Morgan fingerprint density at radius 1 is 1.06 bits per heavy atom. The molecule has 5 rings (SSSR count). The predicted octanol–water partition coefficient (Wildman–Crippen LogP) is 5.53. The van der Waals surface area contributed by atoms with Crippen LogP contribution < -0.4 is 4.18 Å². The van der Waals surface area contributed by atoms with Gasteiger partial charge in [0.05, 0.1) is 25.6 Å². The second kappa shape index (κ2) is 11.2. The molecule has 4 aliphatic carbocycles. The largest absolute Gasteiger partial charge is 0.459 e. The zero-order valence-corrected chi connectivity index (χ0v) is 22.8. The highest BCUT2D eigenvalue weighted by atomic mass is 32.3. The summed E-state index contributed by atoms with van der Waals surface area (Å²) in [6, 6.07) is 6.67. The summed E-state index contributed by atoms with van der Waals surface area (Å²) in [7, 11) is -2.62. The van der Waals surface area contributed by atoms with Gasteiger partial charge in [0.25, 0.3) is 0 Å². The molecule has 4 aliphatic rings. The number of esters is 1. The average Bonchev–Trinajstić information content (AvgIpc) is 2.76. The molecule has 35 heavy (non-hydrogen) atoms. The van der Waals surface area contributed by atoms with E-state index >= 15 is 0 Å². The van der Waals surface area contributed by atoms with E-state index < -0.39 is 20.8 Å². The summed E-state index contributed by atoms with van der Waals surface area (Å²) in [4.78, 5) is 17.8. The van der Waals surface area contributed by atoms with E-state index in [1.807, 2.05) is 0 Å². The van der Waals surface area contributed by atoms with Crippen LogP contribution in [-0.2, 0) is 33.9 Å². The molecule has 0 radical (unpaired) electrons. The van der Waals surface area contributed by atoms with Gasteiger partial charge >= 0.3 is 16.1 Å². The summed E-state index contributed by atoms with van der Waals surface area (Å²) in [6.07, 6.45) is 8.03. The maximum absolute atomic E-state index is 12.7. The van der Waals surface area contributed by atoms with Gasteiger partial charge in [-0.05, 0) is 94.4 Å². The molecule has 11 heteroatoms. The van der Waals surface area contributed by atoms with Crippen molar-refractivity contribution in [3.8, 4) is 5.75 Å². The van der Waals surface area contributed by atoms with E-state index in [0.29, 0.717) is 24.2 Å². The quantitative estimate of drug-likeness (QED) is 0.0597. The molecule has 4 bridgehead atoms. The number of thioether (sulfide) groups is 1. The fourth-order valence-corrected chi connectivity index (χ4v) is 8.59. The van der Waals surface area contributed by atoms with E-state index in [4.69, 9.17) is 8.92 Å². The van der Waals surface area contributed by atoms with Crippen LogP contribution in [0.5, 0.6) is 5.75 Å². The Bertz CT molecular complexity index is 942. The lowest BCUT2D eigenvalue weighted by molar-refractivity contribution is -0.447. The maximum atomic E-state index is 12.7. The SMILES string of the molecule is COOOSCS(=O)(=O)Oc1ccc(SCCC(=O)OC(C)(C)C23CC4CC(CC(C4)C2)C3)cc1. The zero-order chi connectivity index (χ0) is 25.1. The van der Waals surface area contributed by atoms with Crippen LogP contribution in [0.15, 0.2) is 29.2 Å². The fourth-order valence-electron chi connectivity index (χ4n) is 6.43. The third kappa shape index (κ3) is 6.87. The van der Waals surface area contributed by atoms with Crippen LogP contribution in [0, 0.1) is 23.2 Å². The Balaban J connectivity index is 1.21. The van der Waals surface area contributed by atoms with Crippen molar-refractivity contribution in [2.75, 3.05) is 17.9 Å². The van der Waals surface area contributed by atoms with Gasteiger partial charge in [0, 0.05) is 16.1 Å². The lowest BCUT2D eigenvalue weighted by Crippen LogP contribution is -2.57. The molecule has 0 amide bonds. The molecule has 0 heterocycles. The highest BCUT2D eigenvalue weighted by Crippen LogP contribution is 2.64. The van der Waals surface area contributed by atoms with Crippen molar-refractivity contribution in [2.24, 2.45) is 23.2 Å². The van der Waals surface area contributed by atoms with Gasteiger partial charge in [-0.15, -0.1) is 16.1 Å². The Hall–Kier alpha value is -0.980. The summed E-state index contributed by atoms with van der Waals surface area (Å²) >= 11 is 2.05. The van der Waals surface area contributed by atoms with E-state index in [9.17, 15) is 13.2 Å². The molecule has 0 aliphatic heterocycles. The molecule has 1 aromatic carbocycles. The Labute approximate surface area is 216 Å². The average molecular weight is 547 g/mol. The Morgan fingerprint density at radius 3 is 2.23 bits per heavy atom. The third-order valence-electron chi connectivity index (χ3n) is 7.64. The maximum Gasteiger partial charge on any atom is 0.321 e. The number of carbonyl (C=O) groups is 1. The first-order valence-electron chi connectivity index (χ1n) is 12.0. The van der Waals surface area contributed by atoms with E-state index in [1.54, 1.807) is 24.3 Å². The standard InChI is InChI=1S/C24H34O8S3/c1-23(2,24-13-17-10-18(14-24)12-19(11-17)15-24)29-22(25)8-9-33-21-6-4-20(5-7-21)30-35(26,27)16-34-32-31-28-3/h4-7,17-19H,8-16H2,1-3H3. The van der Waals surface area contributed by atoms with Gasteiger partial charge in [-0.3, -0.25) is 4.79 Å². The van der Waals surface area contributed by atoms with E-state index in [-0.39, 0.29) is 17.1 Å². The molecule has 0 spiro atoms. The van der Waals surface area contributed by atoms with Crippen LogP contribution in [-0.4, -0.2) is 37.9 Å². The molecule has 4 saturated carbocycles. The second-order valence-corrected chi connectivity index (χ2v) is 14.2. The first-order chi connectivity index (χ1) is 16.6. The molecule has 4 fully saturated rings. The van der Waals surface area contributed by atoms with Gasteiger partial charge in [-0.2, -0.15) is 8.42 Å². The second-order valence-electron chi connectivity index (χ2n) is 10.4. The molecule has 0 aromatic heterocycles. The molecule has 0 atom stereocenters. The first-order valence-corrected chi connectivity index (χ1v) is 15.4. The lowest BCUT2D eigenvalue weighted by Gasteiger charge is -2.61. The van der Waals surface area contributed by atoms with Crippen molar-refractivity contribution in [1.82, 2.24) is 0 Å². The third-order valence-corrected chi connectivity index (χ3v) is 10.8. The number of hydrogen-bond donors (Lipinski definition) is 0. The molecule has 1 aromatic rings. The highest BCUT2D eigenvalue weighted by molar-refractivity contribution is 8.08. The first kappa shape index (κ1) is 27.1. The van der Waals surface area contributed by atoms with E-state index in [1.165, 1.54) is 57.4 Å². The Morgan fingerprint density at radius 2 is 1.66 bits per heavy atom. The molecule has 8 nitrogen and oxygen atoms in total. The van der Waals surface area contributed by atoms with Crippen LogP contribution in [0.4, 0.5) is 0 Å². The van der Waals surface area contributed by atoms with Crippen molar-refractivity contribution < 1.29 is 36.4 Å². The zero-order valence-electron chi connectivity index (χ0n) is 20.4. The van der Waals surface area contributed by atoms with Gasteiger partial charge in [-0.1, -0.05) is 5.04 Å². The van der Waals surface area contributed by atoms with E-state index in [2.05, 4.69) is 28.1 Å². The van der Waals surface area contributed by atoms with Crippen LogP contribution in [0.2, 0.25) is 0 Å². The van der Waals surface area contributed by atoms with Crippen LogP contribution in [0.3, 0.4) is 0 Å². The summed E-state index contributed by atoms with van der Waals surface area (Å²) < 4.78 is 39.4. The Kier molecular flexibility index (Phi) is 8.65. The van der Waals surface area contributed by atoms with Gasteiger partial charge in [0.2, 0.25) is 0 Å². The highest BCUT2D eigenvalue weighted by Gasteiger charge is 2.58. The summed E-state index contributed by atoms with van der Waals surface area (Å²) in [5.41, 5.74) is -0.295. The topological polar surface area (TPSA) is 97.4 Å². The minimum Gasteiger partial charge on any atom is -0.459 e. The number of hydrogen-bond acceptors (Lipinski definition) is 10. The minimum atomic E-state index is -3.86. The summed E-state index contributed by atoms with van der Waals surface area (Å²) in [5, 5.41) is 3.67.